The van der Waals surface area contributed by atoms with E-state index in [1.54, 1.807) is 0 Å². The van der Waals surface area contributed by atoms with E-state index in [-0.39, 0.29) is 34.9 Å². The van der Waals surface area contributed by atoms with Crippen molar-refractivity contribution in [2.75, 3.05) is 0 Å². The molecule has 0 aliphatic carbocycles. The topological polar surface area (TPSA) is 0 Å². The van der Waals surface area contributed by atoms with Crippen LogP contribution in [0.1, 0.15) is 5.56 Å². The number of hydrogen-bond acceptors (Lipinski definition) is 0. The number of benzene rings is 4. The maximum atomic E-state index is 2.28. The van der Waals surface area contributed by atoms with Crippen molar-refractivity contribution >= 4 is 10.9 Å². The fraction of sp³-hybridized carbons (Fsp3) is 0.0400. The molecule has 0 heterocycles. The van der Waals surface area contributed by atoms with Gasteiger partial charge in [0.2, 0.25) is 0 Å². The van der Waals surface area contributed by atoms with Crippen LogP contribution >= 0.6 is 0 Å². The summed E-state index contributed by atoms with van der Waals surface area (Å²) < 4.78 is 0. The highest BCUT2D eigenvalue weighted by molar-refractivity contribution is 7.97. The van der Waals surface area contributed by atoms with Crippen molar-refractivity contribution in [3.8, 4) is 11.1 Å². The normalized spacial score (nSPS) is 10.4. The summed E-state index contributed by atoms with van der Waals surface area (Å²) in [6.07, 6.45) is 0. The Morgan fingerprint density at radius 2 is 1.00 bits per heavy atom. The highest BCUT2D eigenvalue weighted by atomic mass is 127. The van der Waals surface area contributed by atoms with Gasteiger partial charge in [-0.2, -0.15) is 0 Å². The fourth-order valence-electron chi connectivity index (χ4n) is 3.12. The molecular formula is C25H21IS. The van der Waals surface area contributed by atoms with E-state index >= 15 is 0 Å². The van der Waals surface area contributed by atoms with Crippen molar-refractivity contribution in [2.24, 2.45) is 0 Å². The molecule has 0 atom stereocenters. The summed E-state index contributed by atoms with van der Waals surface area (Å²) in [6, 6.07) is 39.3. The van der Waals surface area contributed by atoms with Gasteiger partial charge in [0.25, 0.3) is 0 Å². The molecular weight excluding hydrogens is 459 g/mol. The van der Waals surface area contributed by atoms with Crippen molar-refractivity contribution < 1.29 is 24.0 Å². The lowest BCUT2D eigenvalue weighted by Gasteiger charge is -2.12. The van der Waals surface area contributed by atoms with Crippen molar-refractivity contribution in [1.82, 2.24) is 0 Å². The summed E-state index contributed by atoms with van der Waals surface area (Å²) in [4.78, 5) is 4.06. The van der Waals surface area contributed by atoms with Crippen LogP contribution in [-0.4, -0.2) is 0 Å². The Hall–Kier alpha value is -2.04. The molecule has 4 rings (SSSR count). The Balaban J connectivity index is 0.00000210. The van der Waals surface area contributed by atoms with Gasteiger partial charge in [0.15, 0.2) is 14.7 Å². The van der Waals surface area contributed by atoms with Gasteiger partial charge in [-0.1, -0.05) is 78.4 Å². The van der Waals surface area contributed by atoms with Crippen LogP contribution in [0.15, 0.2) is 124 Å². The molecule has 0 bridgehead atoms. The Kier molecular flexibility index (Phi) is 6.75. The summed E-state index contributed by atoms with van der Waals surface area (Å²) in [5, 5.41) is 0. The molecule has 0 unspecified atom stereocenters. The van der Waals surface area contributed by atoms with E-state index < -0.39 is 0 Å². The Labute approximate surface area is 181 Å². The minimum absolute atomic E-state index is 0. The first kappa shape index (κ1) is 19.7. The first-order valence-corrected chi connectivity index (χ1v) is 10.1. The van der Waals surface area contributed by atoms with Crippen LogP contribution in [0.5, 0.6) is 0 Å². The smallest absolute Gasteiger partial charge is 0.174 e. The lowest BCUT2D eigenvalue weighted by atomic mass is 10.0. The van der Waals surface area contributed by atoms with Crippen LogP contribution in [0.25, 0.3) is 11.1 Å². The van der Waals surface area contributed by atoms with E-state index in [9.17, 15) is 0 Å². The van der Waals surface area contributed by atoms with Gasteiger partial charge in [-0.3, -0.25) is 0 Å². The summed E-state index contributed by atoms with van der Waals surface area (Å²) in [5.41, 5.74) is 3.87. The third-order valence-electron chi connectivity index (χ3n) is 4.43. The van der Waals surface area contributed by atoms with Crippen LogP contribution in [0.2, 0.25) is 0 Å². The van der Waals surface area contributed by atoms with Crippen molar-refractivity contribution in [3.63, 3.8) is 0 Å². The zero-order valence-corrected chi connectivity index (χ0v) is 18.2. The maximum Gasteiger partial charge on any atom is 0.174 e. The van der Waals surface area contributed by atoms with Gasteiger partial charge in [-0.15, -0.1) is 0 Å². The molecule has 0 amide bonds. The molecule has 27 heavy (non-hydrogen) atoms. The molecule has 0 fully saturated rings. The second kappa shape index (κ2) is 9.25. The third-order valence-corrected chi connectivity index (χ3v) is 6.71. The highest BCUT2D eigenvalue weighted by Gasteiger charge is 2.31. The molecule has 0 saturated heterocycles. The van der Waals surface area contributed by atoms with Crippen molar-refractivity contribution in [3.05, 3.63) is 115 Å². The Morgan fingerprint density at radius 1 is 0.519 bits per heavy atom. The van der Waals surface area contributed by atoms with Crippen LogP contribution in [0, 0.1) is 6.92 Å². The molecule has 0 aromatic heterocycles. The Morgan fingerprint density at radius 3 is 1.56 bits per heavy atom. The second-order valence-corrected chi connectivity index (χ2v) is 8.29. The van der Waals surface area contributed by atoms with Gasteiger partial charge in [0.05, 0.1) is 10.9 Å². The van der Waals surface area contributed by atoms with Gasteiger partial charge in [-0.25, -0.2) is 0 Å². The summed E-state index contributed by atoms with van der Waals surface area (Å²) >= 11 is 0. The van der Waals surface area contributed by atoms with Gasteiger partial charge in [-0.05, 0) is 48.9 Å². The predicted molar refractivity (Wildman–Crippen MR) is 112 cm³/mol. The van der Waals surface area contributed by atoms with Gasteiger partial charge in [0.1, 0.15) is 0 Å². The van der Waals surface area contributed by atoms with E-state index in [0.29, 0.717) is 0 Å². The van der Waals surface area contributed by atoms with E-state index in [4.69, 9.17) is 0 Å². The molecule has 134 valence electrons. The lowest BCUT2D eigenvalue weighted by molar-refractivity contribution is -0.00000513. The zero-order chi connectivity index (χ0) is 17.8. The van der Waals surface area contributed by atoms with E-state index in [1.165, 1.54) is 31.4 Å². The van der Waals surface area contributed by atoms with Crippen LogP contribution < -0.4 is 24.0 Å². The quantitative estimate of drug-likeness (QED) is 0.308. The summed E-state index contributed by atoms with van der Waals surface area (Å²) in [5.74, 6) is 0. The van der Waals surface area contributed by atoms with Crippen molar-refractivity contribution in [1.29, 1.82) is 0 Å². The Bertz CT molecular complexity index is 940. The van der Waals surface area contributed by atoms with Crippen LogP contribution in [0.3, 0.4) is 0 Å². The maximum absolute atomic E-state index is 2.28. The first-order valence-electron chi connectivity index (χ1n) is 8.83. The van der Waals surface area contributed by atoms with Gasteiger partial charge < -0.3 is 24.0 Å². The number of aryl methyl sites for hydroxylation is 1. The minimum atomic E-state index is -0.132. The van der Waals surface area contributed by atoms with Gasteiger partial charge >= 0.3 is 0 Å². The average Bonchev–Trinajstić information content (AvgIpc) is 2.71. The summed E-state index contributed by atoms with van der Waals surface area (Å²) in [6.45, 7) is 2.13. The SMILES string of the molecule is Cc1ccc(-c2ccccc2[S+](c2ccccc2)c2ccccc2)cc1.[I-]. The van der Waals surface area contributed by atoms with E-state index in [1.807, 2.05) is 0 Å². The number of halogens is 1. The molecule has 0 spiro atoms. The zero-order valence-electron chi connectivity index (χ0n) is 15.2. The minimum Gasteiger partial charge on any atom is -1.00 e. The standard InChI is InChI=1S/C25H21S.HI/c1-20-16-18-21(19-17-20)24-14-8-9-15-25(24)26(22-10-4-2-5-11-22)23-12-6-3-7-13-23;/h2-19H,1H3;1H/q+1;/p-1. The number of rotatable bonds is 4. The third kappa shape index (κ3) is 4.45. The fourth-order valence-corrected chi connectivity index (χ4v) is 5.38. The monoisotopic (exact) mass is 480 g/mol. The van der Waals surface area contributed by atoms with Crippen molar-refractivity contribution in [2.45, 2.75) is 21.6 Å². The van der Waals surface area contributed by atoms with Crippen LogP contribution in [0.4, 0.5) is 0 Å². The molecule has 4 aromatic rings. The molecule has 4 aromatic carbocycles. The van der Waals surface area contributed by atoms with Gasteiger partial charge in [0, 0.05) is 5.56 Å². The van der Waals surface area contributed by atoms with E-state index in [0.717, 1.165) is 0 Å². The molecule has 0 radical (unpaired) electrons. The first-order chi connectivity index (χ1) is 12.8. The molecule has 0 aliphatic rings. The molecule has 2 heteroatoms. The lowest BCUT2D eigenvalue weighted by Crippen LogP contribution is -3.00. The second-order valence-electron chi connectivity index (χ2n) is 6.29. The summed E-state index contributed by atoms with van der Waals surface area (Å²) in [7, 11) is -0.132. The number of hydrogen-bond donors (Lipinski definition) is 0. The average molecular weight is 480 g/mol. The molecule has 0 nitrogen and oxygen atoms in total. The molecule has 0 saturated carbocycles. The van der Waals surface area contributed by atoms with Crippen LogP contribution in [-0.2, 0) is 10.9 Å². The largest absolute Gasteiger partial charge is 1.00 e. The highest BCUT2D eigenvalue weighted by Crippen LogP contribution is 2.37. The predicted octanol–water partition coefficient (Wildman–Crippen LogP) is 3.76. The molecule has 0 N–H and O–H groups in total. The van der Waals surface area contributed by atoms with E-state index in [2.05, 4.69) is 116 Å². The molecule has 0 aliphatic heterocycles.